The van der Waals surface area contributed by atoms with Crippen molar-refractivity contribution < 1.29 is 9.59 Å². The summed E-state index contributed by atoms with van der Waals surface area (Å²) in [5.41, 5.74) is 3.23. The third kappa shape index (κ3) is 2.91. The molecule has 0 bridgehead atoms. The molecule has 5 rings (SSSR count). The minimum atomic E-state index is -0.215. The molecule has 2 heterocycles. The summed E-state index contributed by atoms with van der Waals surface area (Å²) in [7, 11) is 0. The highest BCUT2D eigenvalue weighted by Gasteiger charge is 2.21. The molecule has 0 saturated heterocycles. The number of carbonyl (C=O) groups is 2. The zero-order chi connectivity index (χ0) is 19.8. The highest BCUT2D eigenvalue weighted by Crippen LogP contribution is 2.30. The third-order valence-corrected chi connectivity index (χ3v) is 5.02. The average Bonchev–Trinajstić information content (AvgIpc) is 3.17. The van der Waals surface area contributed by atoms with E-state index in [1.54, 1.807) is 30.3 Å². The van der Waals surface area contributed by atoms with Gasteiger partial charge in [-0.3, -0.25) is 9.59 Å². The molecule has 0 radical (unpaired) electrons. The largest absolute Gasteiger partial charge is 0.339 e. The van der Waals surface area contributed by atoms with Gasteiger partial charge in [-0.25, -0.2) is 4.98 Å². The molecule has 0 fully saturated rings. The molecule has 4 heteroatoms. The summed E-state index contributed by atoms with van der Waals surface area (Å²) in [4.78, 5) is 34.2. The maximum absolute atomic E-state index is 13.4. The van der Waals surface area contributed by atoms with E-state index in [0.29, 0.717) is 22.3 Å². The molecule has 138 valence electrons. The fourth-order valence-corrected chi connectivity index (χ4v) is 3.62. The Morgan fingerprint density at radius 3 is 1.97 bits per heavy atom. The summed E-state index contributed by atoms with van der Waals surface area (Å²) in [6, 6.07) is 27.4. The number of H-pyrrole nitrogens is 1. The second kappa shape index (κ2) is 6.84. The van der Waals surface area contributed by atoms with E-state index in [9.17, 15) is 9.59 Å². The number of rotatable bonds is 4. The zero-order valence-electron chi connectivity index (χ0n) is 15.4. The lowest BCUT2D eigenvalue weighted by Gasteiger charge is -2.07. The monoisotopic (exact) mass is 376 g/mol. The van der Waals surface area contributed by atoms with E-state index in [-0.39, 0.29) is 17.3 Å². The van der Waals surface area contributed by atoms with Gasteiger partial charge in [0.05, 0.1) is 0 Å². The first-order valence-corrected chi connectivity index (χ1v) is 9.33. The molecule has 1 N–H and O–H groups in total. The first-order chi connectivity index (χ1) is 14.2. The topological polar surface area (TPSA) is 62.8 Å². The van der Waals surface area contributed by atoms with Gasteiger partial charge in [0.15, 0.2) is 5.78 Å². The average molecular weight is 376 g/mol. The lowest BCUT2D eigenvalue weighted by Crippen LogP contribution is -2.09. The molecule has 0 saturated carbocycles. The SMILES string of the molecule is O=C(c1ccccc1)c1cc(C(=O)c2ccccc2)c2c(n1)[nH]c1ccccc12. The lowest BCUT2D eigenvalue weighted by molar-refractivity contribution is 0.103. The Balaban J connectivity index is 1.78. The fourth-order valence-electron chi connectivity index (χ4n) is 3.62. The number of para-hydroxylation sites is 1. The minimum absolute atomic E-state index is 0.134. The number of carbonyl (C=O) groups excluding carboxylic acids is 2. The number of nitrogens with one attached hydrogen (secondary N) is 1. The maximum Gasteiger partial charge on any atom is 0.211 e. The number of aromatic nitrogens is 2. The number of fused-ring (bicyclic) bond motifs is 3. The molecule has 4 nitrogen and oxygen atoms in total. The van der Waals surface area contributed by atoms with Gasteiger partial charge in [-0.2, -0.15) is 0 Å². The number of aromatic amines is 1. The van der Waals surface area contributed by atoms with Crippen LogP contribution in [0.2, 0.25) is 0 Å². The van der Waals surface area contributed by atoms with E-state index >= 15 is 0 Å². The van der Waals surface area contributed by atoms with Crippen LogP contribution in [-0.2, 0) is 0 Å². The van der Waals surface area contributed by atoms with Crippen molar-refractivity contribution >= 4 is 33.5 Å². The van der Waals surface area contributed by atoms with E-state index < -0.39 is 0 Å². The van der Waals surface area contributed by atoms with Gasteiger partial charge in [0.1, 0.15) is 11.3 Å². The third-order valence-electron chi connectivity index (χ3n) is 5.02. The normalized spacial score (nSPS) is 11.0. The number of ketones is 2. The van der Waals surface area contributed by atoms with Crippen LogP contribution in [0, 0.1) is 0 Å². The fraction of sp³-hybridized carbons (Fsp3) is 0. The Hall–Kier alpha value is -4.05. The van der Waals surface area contributed by atoms with E-state index in [1.807, 2.05) is 60.7 Å². The van der Waals surface area contributed by atoms with Gasteiger partial charge in [0.2, 0.25) is 5.78 Å². The summed E-state index contributed by atoms with van der Waals surface area (Å²) < 4.78 is 0. The minimum Gasteiger partial charge on any atom is -0.339 e. The van der Waals surface area contributed by atoms with Gasteiger partial charge < -0.3 is 4.98 Å². The summed E-state index contributed by atoms with van der Waals surface area (Å²) in [6.45, 7) is 0. The predicted molar refractivity (Wildman–Crippen MR) is 113 cm³/mol. The molecule has 0 spiro atoms. The summed E-state index contributed by atoms with van der Waals surface area (Å²) in [5.74, 6) is -0.349. The first kappa shape index (κ1) is 17.1. The van der Waals surface area contributed by atoms with Gasteiger partial charge in [-0.05, 0) is 12.1 Å². The van der Waals surface area contributed by atoms with Crippen molar-refractivity contribution in [1.29, 1.82) is 0 Å². The number of hydrogen-bond acceptors (Lipinski definition) is 3. The Morgan fingerprint density at radius 1 is 0.690 bits per heavy atom. The second-order valence-corrected chi connectivity index (χ2v) is 6.84. The van der Waals surface area contributed by atoms with Crippen molar-refractivity contribution in [3.05, 3.63) is 113 Å². The van der Waals surface area contributed by atoms with E-state index in [1.165, 1.54) is 0 Å². The van der Waals surface area contributed by atoms with Crippen LogP contribution in [0.5, 0.6) is 0 Å². The Bertz CT molecular complexity index is 1370. The van der Waals surface area contributed by atoms with Crippen LogP contribution in [0.15, 0.2) is 91.0 Å². The summed E-state index contributed by atoms with van der Waals surface area (Å²) in [5, 5.41) is 1.65. The lowest BCUT2D eigenvalue weighted by atomic mass is 9.97. The van der Waals surface area contributed by atoms with E-state index in [2.05, 4.69) is 9.97 Å². The van der Waals surface area contributed by atoms with Crippen molar-refractivity contribution in [2.24, 2.45) is 0 Å². The first-order valence-electron chi connectivity index (χ1n) is 9.33. The number of benzene rings is 3. The van der Waals surface area contributed by atoms with Crippen LogP contribution in [0.3, 0.4) is 0 Å². The standard InChI is InChI=1S/C25H16N2O2/c28-23(16-9-3-1-4-10-16)19-15-21(24(29)17-11-5-2-6-12-17)27-25-22(19)18-13-7-8-14-20(18)26-25/h1-15H,(H,26,27). The smallest absolute Gasteiger partial charge is 0.211 e. The van der Waals surface area contributed by atoms with Crippen molar-refractivity contribution in [2.45, 2.75) is 0 Å². The van der Waals surface area contributed by atoms with Gasteiger partial charge in [-0.15, -0.1) is 0 Å². The van der Waals surface area contributed by atoms with Gasteiger partial charge in [0.25, 0.3) is 0 Å². The molecule has 0 aliphatic heterocycles. The highest BCUT2D eigenvalue weighted by molar-refractivity contribution is 6.23. The number of nitrogens with zero attached hydrogens (tertiary/aromatic N) is 1. The predicted octanol–water partition coefficient (Wildman–Crippen LogP) is 5.18. The number of hydrogen-bond donors (Lipinski definition) is 1. The molecular formula is C25H16N2O2. The van der Waals surface area contributed by atoms with Gasteiger partial charge >= 0.3 is 0 Å². The molecular weight excluding hydrogens is 360 g/mol. The van der Waals surface area contributed by atoms with Crippen LogP contribution in [-0.4, -0.2) is 21.5 Å². The van der Waals surface area contributed by atoms with Crippen LogP contribution in [0.4, 0.5) is 0 Å². The second-order valence-electron chi connectivity index (χ2n) is 6.84. The summed E-state index contributed by atoms with van der Waals surface area (Å²) in [6.07, 6.45) is 0. The van der Waals surface area contributed by atoms with Crippen molar-refractivity contribution in [2.75, 3.05) is 0 Å². The van der Waals surface area contributed by atoms with Crippen LogP contribution in [0.1, 0.15) is 32.0 Å². The van der Waals surface area contributed by atoms with Gasteiger partial charge in [0, 0.05) is 33.0 Å². The van der Waals surface area contributed by atoms with E-state index in [0.717, 1.165) is 16.3 Å². The molecule has 0 aliphatic carbocycles. The molecule has 0 aliphatic rings. The molecule has 0 amide bonds. The van der Waals surface area contributed by atoms with Crippen LogP contribution >= 0.6 is 0 Å². The zero-order valence-corrected chi connectivity index (χ0v) is 15.4. The van der Waals surface area contributed by atoms with Gasteiger partial charge in [-0.1, -0.05) is 78.9 Å². The quantitative estimate of drug-likeness (QED) is 0.440. The van der Waals surface area contributed by atoms with Crippen LogP contribution in [0.25, 0.3) is 21.9 Å². The maximum atomic E-state index is 13.4. The molecule has 3 aromatic carbocycles. The Labute approximate surface area is 166 Å². The molecule has 0 atom stereocenters. The van der Waals surface area contributed by atoms with Crippen LogP contribution < -0.4 is 0 Å². The Morgan fingerprint density at radius 2 is 1.28 bits per heavy atom. The van der Waals surface area contributed by atoms with Crippen molar-refractivity contribution in [1.82, 2.24) is 9.97 Å². The molecule has 29 heavy (non-hydrogen) atoms. The Kier molecular flexibility index (Phi) is 4.03. The van der Waals surface area contributed by atoms with E-state index in [4.69, 9.17) is 0 Å². The number of pyridine rings is 1. The molecule has 5 aromatic rings. The van der Waals surface area contributed by atoms with Crippen molar-refractivity contribution in [3.63, 3.8) is 0 Å². The van der Waals surface area contributed by atoms with Crippen molar-refractivity contribution in [3.8, 4) is 0 Å². The summed E-state index contributed by atoms with van der Waals surface area (Å²) >= 11 is 0. The molecule has 2 aromatic heterocycles. The molecule has 0 unspecified atom stereocenters. The highest BCUT2D eigenvalue weighted by atomic mass is 16.1.